The number of Topliss-reactive ketones (excluding diaryl/α,β-unsaturated/α-hetero) is 1. The van der Waals surface area contributed by atoms with Gasteiger partial charge in [-0.25, -0.2) is 5.90 Å². The molecule has 0 atom stereocenters. The van der Waals surface area contributed by atoms with Crippen LogP contribution in [-0.4, -0.2) is 55.0 Å². The lowest BCUT2D eigenvalue weighted by molar-refractivity contribution is -0.385. The van der Waals surface area contributed by atoms with Crippen molar-refractivity contribution in [3.05, 3.63) is 139 Å². The smallest absolute Gasteiger partial charge is 0.269 e. The van der Waals surface area contributed by atoms with Gasteiger partial charge in [0.05, 0.1) is 22.2 Å². The number of hydrogen-bond acceptors (Lipinski definition) is 13. The molecule has 0 radical (unpaired) electrons. The molecule has 4 aromatic carbocycles. The first-order valence-corrected chi connectivity index (χ1v) is 20.7. The van der Waals surface area contributed by atoms with Crippen molar-refractivity contribution < 1.29 is 44.7 Å². The summed E-state index contributed by atoms with van der Waals surface area (Å²) in [6.07, 6.45) is 9.51. The molecule has 336 valence electrons. The Balaban J connectivity index is 0.000000273. The standard InChI is InChI=1S/C23H28N2O5.C16H22O3.C7H8N2O3.ClH/c1-16-2-7-20(14-22(16)27)23(19-8-3-17(4-9-19)12-13-26)24-30-15-18-5-10-21(11-6-18)25(28)29;1-11-2-5-14(10-15(11)18)16(19)13-6-3-12(4-7-13)8-9-17;8-12-5-6-1-3-7(4-2-6)9(10)11;/h2,5-7,10-11,14,17,19,26-27H,3-4,8-9,12-13,15H2,1H3;2,5,10,12-13,17-18H,3-4,6-9H2,1H3;1-4H,5,8H2;1H. The average molecular weight is 879 g/mol. The summed E-state index contributed by atoms with van der Waals surface area (Å²) in [4.78, 5) is 42.5. The van der Waals surface area contributed by atoms with Gasteiger partial charge in [0.15, 0.2) is 5.78 Å². The van der Waals surface area contributed by atoms with Gasteiger partial charge in [0.25, 0.3) is 11.4 Å². The fourth-order valence-corrected chi connectivity index (χ4v) is 7.63. The molecule has 4 aromatic rings. The Morgan fingerprint density at radius 2 is 1.08 bits per heavy atom. The molecule has 0 heterocycles. The van der Waals surface area contributed by atoms with Crippen molar-refractivity contribution in [2.75, 3.05) is 13.2 Å². The maximum absolute atomic E-state index is 12.4. The number of aryl methyl sites for hydroxylation is 2. The van der Waals surface area contributed by atoms with E-state index in [4.69, 9.17) is 15.8 Å². The Kier molecular flexibility index (Phi) is 21.4. The number of aliphatic hydroxyl groups is 2. The van der Waals surface area contributed by atoms with Gasteiger partial charge in [-0.05, 0) is 149 Å². The largest absolute Gasteiger partial charge is 0.508 e. The number of carbonyl (C=O) groups is 1. The number of rotatable bonds is 15. The molecule has 2 aliphatic carbocycles. The monoisotopic (exact) mass is 878 g/mol. The van der Waals surface area contributed by atoms with E-state index in [1.807, 2.05) is 26.0 Å². The van der Waals surface area contributed by atoms with Gasteiger partial charge in [0.1, 0.15) is 18.1 Å². The van der Waals surface area contributed by atoms with Gasteiger partial charge in [0.2, 0.25) is 0 Å². The van der Waals surface area contributed by atoms with Crippen molar-refractivity contribution in [2.24, 2.45) is 34.7 Å². The summed E-state index contributed by atoms with van der Waals surface area (Å²) < 4.78 is 0. The zero-order valence-corrected chi connectivity index (χ0v) is 36.1. The predicted octanol–water partition coefficient (Wildman–Crippen LogP) is 9.20. The highest BCUT2D eigenvalue weighted by Gasteiger charge is 2.28. The van der Waals surface area contributed by atoms with Crippen LogP contribution < -0.4 is 5.90 Å². The molecule has 0 saturated heterocycles. The van der Waals surface area contributed by atoms with Crippen LogP contribution in [0.2, 0.25) is 0 Å². The van der Waals surface area contributed by atoms with Crippen LogP contribution in [0.4, 0.5) is 11.4 Å². The number of aromatic hydroxyl groups is 2. The third kappa shape index (κ3) is 15.8. The molecule has 2 aliphatic rings. The number of hydrogen-bond donors (Lipinski definition) is 5. The van der Waals surface area contributed by atoms with Gasteiger partial charge in [-0.3, -0.25) is 29.9 Å². The zero-order chi connectivity index (χ0) is 44.3. The first kappa shape index (κ1) is 50.9. The quantitative estimate of drug-likeness (QED) is 0.0325. The molecule has 16 heteroatoms. The number of carbonyl (C=O) groups excluding carboxylic acids is 1. The number of nitrogens with zero attached hydrogens (tertiary/aromatic N) is 3. The molecule has 0 spiro atoms. The number of non-ortho nitro benzene ring substituents is 2. The Morgan fingerprint density at radius 3 is 1.50 bits per heavy atom. The highest BCUT2D eigenvalue weighted by atomic mass is 35.5. The van der Waals surface area contributed by atoms with Gasteiger partial charge in [0, 0.05) is 60.4 Å². The second-order valence-electron chi connectivity index (χ2n) is 15.7. The molecule has 2 fully saturated rings. The number of aliphatic hydroxyl groups excluding tert-OH is 2. The van der Waals surface area contributed by atoms with E-state index >= 15 is 0 Å². The Labute approximate surface area is 368 Å². The zero-order valence-electron chi connectivity index (χ0n) is 35.3. The molecule has 6 N–H and O–H groups in total. The van der Waals surface area contributed by atoms with E-state index in [9.17, 15) is 40.3 Å². The minimum absolute atomic E-state index is 0. The van der Waals surface area contributed by atoms with Gasteiger partial charge in [-0.15, -0.1) is 12.4 Å². The first-order chi connectivity index (χ1) is 29.3. The summed E-state index contributed by atoms with van der Waals surface area (Å²) in [6.45, 7) is 4.61. The fourth-order valence-electron chi connectivity index (χ4n) is 7.63. The lowest BCUT2D eigenvalue weighted by atomic mass is 9.77. The number of ketones is 1. The van der Waals surface area contributed by atoms with Crippen LogP contribution in [0.15, 0.2) is 90.1 Å². The van der Waals surface area contributed by atoms with Crippen LogP contribution in [0.1, 0.15) is 102 Å². The van der Waals surface area contributed by atoms with E-state index in [-0.39, 0.29) is 79.3 Å². The van der Waals surface area contributed by atoms with Crippen LogP contribution in [-0.2, 0) is 22.9 Å². The summed E-state index contributed by atoms with van der Waals surface area (Å²) in [5.41, 5.74) is 5.58. The fraction of sp³-hybridized carbons (Fsp3) is 0.435. The van der Waals surface area contributed by atoms with E-state index in [2.05, 4.69) is 9.99 Å². The van der Waals surface area contributed by atoms with Crippen LogP contribution >= 0.6 is 12.4 Å². The average Bonchev–Trinajstić information content (AvgIpc) is 3.26. The van der Waals surface area contributed by atoms with Crippen molar-refractivity contribution >= 4 is 35.3 Å². The molecule has 0 amide bonds. The topological polar surface area (TPSA) is 241 Å². The van der Waals surface area contributed by atoms with Crippen LogP contribution in [0.25, 0.3) is 0 Å². The third-order valence-electron chi connectivity index (χ3n) is 11.5. The SMILES string of the molecule is Cc1ccc(C(=NOCc2ccc([N+](=O)[O-])cc2)C2CCC(CCO)CC2)cc1O.Cc1ccc(C(=O)C2CCC(CCO)CC2)cc1O.Cl.NOCc1ccc([N+](=O)[O-])cc1. The second-order valence-corrected chi connectivity index (χ2v) is 15.7. The van der Waals surface area contributed by atoms with Crippen molar-refractivity contribution in [2.45, 2.75) is 91.3 Å². The molecule has 62 heavy (non-hydrogen) atoms. The summed E-state index contributed by atoms with van der Waals surface area (Å²) >= 11 is 0. The molecular weight excluding hydrogens is 820 g/mol. The number of nitro groups is 2. The summed E-state index contributed by atoms with van der Waals surface area (Å²) in [6, 6.07) is 23.0. The molecule has 2 saturated carbocycles. The van der Waals surface area contributed by atoms with Crippen molar-refractivity contribution in [3.63, 3.8) is 0 Å². The molecule has 0 aromatic heterocycles. The summed E-state index contributed by atoms with van der Waals surface area (Å²) in [5, 5.41) is 63.4. The summed E-state index contributed by atoms with van der Waals surface area (Å²) in [7, 11) is 0. The molecule has 6 rings (SSSR count). The molecule has 0 unspecified atom stereocenters. The van der Waals surface area contributed by atoms with Gasteiger partial charge >= 0.3 is 0 Å². The Hall–Kier alpha value is -5.45. The molecule has 0 bridgehead atoms. The number of phenolic OH excluding ortho intramolecular Hbond substituents is 2. The van der Waals surface area contributed by atoms with E-state index in [0.717, 1.165) is 97.7 Å². The normalized spacial score (nSPS) is 18.4. The highest BCUT2D eigenvalue weighted by Crippen LogP contribution is 2.35. The second kappa shape index (κ2) is 26.1. The summed E-state index contributed by atoms with van der Waals surface area (Å²) in [5.74, 6) is 6.81. The lowest BCUT2D eigenvalue weighted by Gasteiger charge is -2.29. The number of halogens is 1. The molecule has 0 aliphatic heterocycles. The van der Waals surface area contributed by atoms with E-state index in [1.54, 1.807) is 48.5 Å². The number of nitro benzene ring substituents is 2. The highest BCUT2D eigenvalue weighted by molar-refractivity contribution is 6.02. The Bertz CT molecular complexity index is 2050. The van der Waals surface area contributed by atoms with E-state index < -0.39 is 9.85 Å². The van der Waals surface area contributed by atoms with E-state index in [1.165, 1.54) is 24.3 Å². The minimum Gasteiger partial charge on any atom is -0.508 e. The van der Waals surface area contributed by atoms with Gasteiger partial charge < -0.3 is 25.3 Å². The maximum Gasteiger partial charge on any atom is 0.269 e. The number of benzene rings is 4. The first-order valence-electron chi connectivity index (χ1n) is 20.7. The minimum atomic E-state index is -0.451. The third-order valence-corrected chi connectivity index (χ3v) is 11.5. The van der Waals surface area contributed by atoms with Crippen molar-refractivity contribution in [3.8, 4) is 11.5 Å². The van der Waals surface area contributed by atoms with Crippen molar-refractivity contribution in [1.82, 2.24) is 0 Å². The van der Waals surface area contributed by atoms with Crippen LogP contribution in [0, 0.1) is 57.7 Å². The van der Waals surface area contributed by atoms with Crippen LogP contribution in [0.5, 0.6) is 11.5 Å². The van der Waals surface area contributed by atoms with Crippen molar-refractivity contribution in [1.29, 1.82) is 0 Å². The van der Waals surface area contributed by atoms with Gasteiger partial charge in [-0.1, -0.05) is 29.4 Å². The molecular formula is C46H59ClN4O11. The van der Waals surface area contributed by atoms with Gasteiger partial charge in [-0.2, -0.15) is 0 Å². The lowest BCUT2D eigenvalue weighted by Crippen LogP contribution is -2.23. The Morgan fingerprint density at radius 1 is 0.661 bits per heavy atom. The number of oxime groups is 1. The van der Waals surface area contributed by atoms with Crippen LogP contribution in [0.3, 0.4) is 0 Å². The number of nitrogens with two attached hydrogens (primary N) is 1. The number of phenols is 2. The van der Waals surface area contributed by atoms with E-state index in [0.29, 0.717) is 17.4 Å². The predicted molar refractivity (Wildman–Crippen MR) is 238 cm³/mol. The molecule has 15 nitrogen and oxygen atoms in total. The maximum atomic E-state index is 12.4.